The fraction of sp³-hybridized carbons (Fsp3) is 0.200. The summed E-state index contributed by atoms with van der Waals surface area (Å²) in [6.45, 7) is 2.07. The lowest BCUT2D eigenvalue weighted by molar-refractivity contribution is 0.341. The molecule has 1 aromatic rings. The van der Waals surface area contributed by atoms with E-state index in [0.717, 1.165) is 4.47 Å². The lowest BCUT2D eigenvalue weighted by atomic mass is 10.1. The second-order valence-electron chi connectivity index (χ2n) is 2.51. The van der Waals surface area contributed by atoms with Crippen LogP contribution in [-0.2, 0) is 4.74 Å². The maximum absolute atomic E-state index is 4.85. The maximum atomic E-state index is 4.85. The minimum absolute atomic E-state index is 1.09. The molecule has 1 nitrogen and oxygen atoms in total. The minimum Gasteiger partial charge on any atom is -0.504 e. The van der Waals surface area contributed by atoms with E-state index in [4.69, 9.17) is 4.74 Å². The first kappa shape index (κ1) is 9.33. The second kappa shape index (κ2) is 4.31. The van der Waals surface area contributed by atoms with Crippen molar-refractivity contribution < 1.29 is 4.74 Å². The van der Waals surface area contributed by atoms with Gasteiger partial charge in [-0.1, -0.05) is 28.1 Å². The number of halogens is 1. The summed E-state index contributed by atoms with van der Waals surface area (Å²) in [5, 5.41) is 0. The van der Waals surface area contributed by atoms with Gasteiger partial charge in [-0.2, -0.15) is 0 Å². The van der Waals surface area contributed by atoms with Crippen molar-refractivity contribution in [3.05, 3.63) is 40.1 Å². The fourth-order valence-electron chi connectivity index (χ4n) is 0.992. The zero-order valence-electron chi connectivity index (χ0n) is 7.17. The monoisotopic (exact) mass is 226 g/mol. The first-order valence-electron chi connectivity index (χ1n) is 3.70. The summed E-state index contributed by atoms with van der Waals surface area (Å²) >= 11 is 3.47. The van der Waals surface area contributed by atoms with Gasteiger partial charge in [-0.05, 0) is 30.2 Å². The Balaban J connectivity index is 3.04. The predicted octanol–water partition coefficient (Wildman–Crippen LogP) is 3.37. The summed E-state index contributed by atoms with van der Waals surface area (Å²) in [5.74, 6) is 0. The van der Waals surface area contributed by atoms with Crippen LogP contribution in [0.15, 0.2) is 28.9 Å². The molecule has 0 amide bonds. The number of rotatable bonds is 2. The third-order valence-corrected chi connectivity index (χ3v) is 2.33. The summed E-state index contributed by atoms with van der Waals surface area (Å²) in [6.07, 6.45) is 3.62. The smallest absolute Gasteiger partial charge is 0.0831 e. The first-order chi connectivity index (χ1) is 5.75. The van der Waals surface area contributed by atoms with E-state index in [1.807, 2.05) is 18.2 Å². The lowest BCUT2D eigenvalue weighted by Gasteiger charge is -2.01. The Bertz CT molecular complexity index is 272. The van der Waals surface area contributed by atoms with Crippen molar-refractivity contribution in [2.45, 2.75) is 6.92 Å². The molecule has 0 aliphatic heterocycles. The van der Waals surface area contributed by atoms with Crippen LogP contribution < -0.4 is 0 Å². The highest BCUT2D eigenvalue weighted by molar-refractivity contribution is 9.10. The summed E-state index contributed by atoms with van der Waals surface area (Å²) in [7, 11) is 1.64. The Labute approximate surface area is 81.2 Å². The highest BCUT2D eigenvalue weighted by Crippen LogP contribution is 2.21. The Morgan fingerprint density at radius 1 is 1.42 bits per heavy atom. The molecule has 0 radical (unpaired) electrons. The maximum Gasteiger partial charge on any atom is 0.0831 e. The predicted molar refractivity (Wildman–Crippen MR) is 54.9 cm³/mol. The molecule has 0 atom stereocenters. The van der Waals surface area contributed by atoms with Crippen LogP contribution in [0.2, 0.25) is 0 Å². The van der Waals surface area contributed by atoms with Crippen molar-refractivity contribution in [2.24, 2.45) is 0 Å². The summed E-state index contributed by atoms with van der Waals surface area (Å²) < 4.78 is 5.95. The molecule has 0 heterocycles. The number of hydrogen-bond acceptors (Lipinski definition) is 1. The second-order valence-corrected chi connectivity index (χ2v) is 3.36. The van der Waals surface area contributed by atoms with E-state index in [2.05, 4.69) is 28.9 Å². The van der Waals surface area contributed by atoms with Gasteiger partial charge in [0.1, 0.15) is 0 Å². The van der Waals surface area contributed by atoms with E-state index in [1.165, 1.54) is 11.1 Å². The molecule has 0 saturated heterocycles. The molecule has 0 unspecified atom stereocenters. The molecule has 0 N–H and O–H groups in total. The molecular formula is C10H11BrO. The SMILES string of the molecule is COC=Cc1c(C)cccc1Br. The Morgan fingerprint density at radius 2 is 2.17 bits per heavy atom. The van der Waals surface area contributed by atoms with Crippen LogP contribution in [0.25, 0.3) is 6.08 Å². The molecule has 0 bridgehead atoms. The van der Waals surface area contributed by atoms with Gasteiger partial charge in [0, 0.05) is 4.47 Å². The van der Waals surface area contributed by atoms with Gasteiger partial charge >= 0.3 is 0 Å². The zero-order valence-corrected chi connectivity index (χ0v) is 8.76. The topological polar surface area (TPSA) is 9.23 Å². The van der Waals surface area contributed by atoms with Crippen LogP contribution in [-0.4, -0.2) is 7.11 Å². The van der Waals surface area contributed by atoms with Crippen LogP contribution in [0.4, 0.5) is 0 Å². The van der Waals surface area contributed by atoms with E-state index < -0.39 is 0 Å². The van der Waals surface area contributed by atoms with Gasteiger partial charge in [0.15, 0.2) is 0 Å². The molecule has 1 rings (SSSR count). The van der Waals surface area contributed by atoms with Gasteiger partial charge in [-0.25, -0.2) is 0 Å². The van der Waals surface area contributed by atoms with Gasteiger partial charge in [-0.15, -0.1) is 0 Å². The van der Waals surface area contributed by atoms with Crippen molar-refractivity contribution in [1.82, 2.24) is 0 Å². The molecule has 64 valence electrons. The number of hydrogen-bond donors (Lipinski definition) is 0. The van der Waals surface area contributed by atoms with Crippen LogP contribution in [0.3, 0.4) is 0 Å². The fourth-order valence-corrected chi connectivity index (χ4v) is 1.59. The Hall–Kier alpha value is -0.760. The minimum atomic E-state index is 1.09. The molecule has 0 saturated carbocycles. The molecule has 1 aromatic carbocycles. The highest BCUT2D eigenvalue weighted by Gasteiger charge is 1.97. The Morgan fingerprint density at radius 3 is 2.75 bits per heavy atom. The standard InChI is InChI=1S/C10H11BrO/c1-8-4-3-5-10(11)9(8)6-7-12-2/h3-7H,1-2H3. The normalized spacial score (nSPS) is 10.6. The van der Waals surface area contributed by atoms with E-state index in [0.29, 0.717) is 0 Å². The largest absolute Gasteiger partial charge is 0.504 e. The summed E-state index contributed by atoms with van der Waals surface area (Å²) in [5.41, 5.74) is 2.40. The van der Waals surface area contributed by atoms with Crippen molar-refractivity contribution in [3.63, 3.8) is 0 Å². The molecular weight excluding hydrogens is 216 g/mol. The van der Waals surface area contributed by atoms with E-state index in [9.17, 15) is 0 Å². The van der Waals surface area contributed by atoms with Crippen LogP contribution in [0, 0.1) is 6.92 Å². The van der Waals surface area contributed by atoms with Gasteiger partial charge in [0.05, 0.1) is 13.4 Å². The molecule has 12 heavy (non-hydrogen) atoms. The van der Waals surface area contributed by atoms with Crippen molar-refractivity contribution in [1.29, 1.82) is 0 Å². The summed E-state index contributed by atoms with van der Waals surface area (Å²) in [4.78, 5) is 0. The van der Waals surface area contributed by atoms with E-state index >= 15 is 0 Å². The third-order valence-electron chi connectivity index (χ3n) is 1.64. The quantitative estimate of drug-likeness (QED) is 0.703. The molecule has 0 aliphatic carbocycles. The van der Waals surface area contributed by atoms with Crippen LogP contribution >= 0.6 is 15.9 Å². The van der Waals surface area contributed by atoms with Gasteiger partial charge in [0.25, 0.3) is 0 Å². The zero-order chi connectivity index (χ0) is 8.97. The van der Waals surface area contributed by atoms with E-state index in [-0.39, 0.29) is 0 Å². The first-order valence-corrected chi connectivity index (χ1v) is 4.49. The van der Waals surface area contributed by atoms with Gasteiger partial charge in [0.2, 0.25) is 0 Å². The van der Waals surface area contributed by atoms with Gasteiger partial charge in [-0.3, -0.25) is 0 Å². The number of aryl methyl sites for hydroxylation is 1. The molecule has 0 aliphatic rings. The van der Waals surface area contributed by atoms with Gasteiger partial charge < -0.3 is 4.74 Å². The average molecular weight is 227 g/mol. The van der Waals surface area contributed by atoms with Crippen LogP contribution in [0.1, 0.15) is 11.1 Å². The molecule has 0 aromatic heterocycles. The van der Waals surface area contributed by atoms with Crippen molar-refractivity contribution in [2.75, 3.05) is 7.11 Å². The number of methoxy groups -OCH3 is 1. The van der Waals surface area contributed by atoms with E-state index in [1.54, 1.807) is 13.4 Å². The Kier molecular flexibility index (Phi) is 3.35. The van der Waals surface area contributed by atoms with Crippen molar-refractivity contribution >= 4 is 22.0 Å². The lowest BCUT2D eigenvalue weighted by Crippen LogP contribution is -1.81. The van der Waals surface area contributed by atoms with Crippen molar-refractivity contribution in [3.8, 4) is 0 Å². The third kappa shape index (κ3) is 2.11. The number of ether oxygens (including phenoxy) is 1. The molecule has 2 heteroatoms. The van der Waals surface area contributed by atoms with Crippen LogP contribution in [0.5, 0.6) is 0 Å². The highest BCUT2D eigenvalue weighted by atomic mass is 79.9. The number of benzene rings is 1. The average Bonchev–Trinajstić information content (AvgIpc) is 2.04. The molecule has 0 fully saturated rings. The molecule has 0 spiro atoms. The summed E-state index contributed by atoms with van der Waals surface area (Å²) in [6, 6.07) is 6.10.